The van der Waals surface area contributed by atoms with Gasteiger partial charge in [-0.15, -0.1) is 6.42 Å². The highest BCUT2D eigenvalue weighted by molar-refractivity contribution is 6.03. The van der Waals surface area contributed by atoms with Crippen molar-refractivity contribution in [3.63, 3.8) is 0 Å². The van der Waals surface area contributed by atoms with E-state index in [-0.39, 0.29) is 43.1 Å². The molecule has 47 heavy (non-hydrogen) atoms. The summed E-state index contributed by atoms with van der Waals surface area (Å²) >= 11 is 0. The number of hydrogen-bond acceptors (Lipinski definition) is 7. The fourth-order valence-corrected chi connectivity index (χ4v) is 7.74. The van der Waals surface area contributed by atoms with E-state index in [1.54, 1.807) is 12.1 Å². The number of halogens is 2. The van der Waals surface area contributed by atoms with Gasteiger partial charge in [0.05, 0.1) is 24.1 Å². The quantitative estimate of drug-likeness (QED) is 0.183. The molecule has 4 heterocycles. The van der Waals surface area contributed by atoms with Crippen LogP contribution in [0.15, 0.2) is 60.9 Å². The lowest BCUT2D eigenvalue weighted by atomic mass is 9.93. The van der Waals surface area contributed by atoms with Crippen LogP contribution >= 0.6 is 0 Å². The first-order valence-electron chi connectivity index (χ1n) is 16.0. The van der Waals surface area contributed by atoms with Crippen LogP contribution in [0.25, 0.3) is 32.8 Å². The molecule has 1 amide bonds. The molecule has 0 spiro atoms. The second-order valence-corrected chi connectivity index (χ2v) is 12.6. The lowest BCUT2D eigenvalue weighted by Gasteiger charge is -2.41. The first-order valence-corrected chi connectivity index (χ1v) is 16.0. The van der Waals surface area contributed by atoms with Crippen LogP contribution in [0.2, 0.25) is 0 Å². The average molecular weight is 633 g/mol. The monoisotopic (exact) mass is 632 g/mol. The van der Waals surface area contributed by atoms with Gasteiger partial charge in [0.15, 0.2) is 11.6 Å². The Morgan fingerprint density at radius 1 is 1.06 bits per heavy atom. The first-order chi connectivity index (χ1) is 22.8. The van der Waals surface area contributed by atoms with Gasteiger partial charge in [0.1, 0.15) is 17.9 Å². The van der Waals surface area contributed by atoms with Crippen molar-refractivity contribution in [2.75, 3.05) is 44.2 Å². The number of nitrogens with zero attached hydrogens (tertiary/aromatic N) is 6. The fraction of sp³-hybridized carbons (Fsp3) is 0.351. The largest absolute Gasteiger partial charge is 0.461 e. The number of rotatable bonds is 7. The van der Waals surface area contributed by atoms with Crippen molar-refractivity contribution in [3.8, 4) is 35.6 Å². The summed E-state index contributed by atoms with van der Waals surface area (Å²) < 4.78 is 37.1. The minimum atomic E-state index is -1.08. The summed E-state index contributed by atoms with van der Waals surface area (Å²) in [5, 5.41) is 11.7. The highest BCUT2D eigenvalue weighted by Crippen LogP contribution is 2.41. The van der Waals surface area contributed by atoms with E-state index in [1.165, 1.54) is 4.90 Å². The average Bonchev–Trinajstić information content (AvgIpc) is 3.67. The van der Waals surface area contributed by atoms with E-state index in [2.05, 4.69) is 28.5 Å². The van der Waals surface area contributed by atoms with Crippen LogP contribution in [0.3, 0.4) is 0 Å². The minimum Gasteiger partial charge on any atom is -0.461 e. The van der Waals surface area contributed by atoms with Crippen molar-refractivity contribution in [2.45, 2.75) is 43.7 Å². The highest BCUT2D eigenvalue weighted by Gasteiger charge is 2.45. The number of piperazine rings is 1. The maximum atomic E-state index is 16.9. The number of anilines is 1. The van der Waals surface area contributed by atoms with E-state index in [1.807, 2.05) is 41.3 Å². The van der Waals surface area contributed by atoms with Crippen molar-refractivity contribution in [3.05, 3.63) is 72.3 Å². The fourth-order valence-electron chi connectivity index (χ4n) is 7.74. The van der Waals surface area contributed by atoms with E-state index in [9.17, 15) is 14.4 Å². The molecule has 0 radical (unpaired) electrons. The molecule has 7 rings (SSSR count). The molecule has 1 aromatic heterocycles. The van der Waals surface area contributed by atoms with E-state index >= 15 is 4.39 Å². The molecule has 8 nitrogen and oxygen atoms in total. The van der Waals surface area contributed by atoms with Gasteiger partial charge in [-0.1, -0.05) is 48.9 Å². The van der Waals surface area contributed by atoms with Crippen LogP contribution in [0.5, 0.6) is 6.01 Å². The Hall–Kier alpha value is -5.06. The number of aromatic nitrogens is 2. The summed E-state index contributed by atoms with van der Waals surface area (Å²) in [5.41, 5.74) is 1.67. The summed E-state index contributed by atoms with van der Waals surface area (Å²) in [6, 6.07) is 16.4. The Morgan fingerprint density at radius 2 is 1.83 bits per heavy atom. The minimum absolute atomic E-state index is 0.0165. The van der Waals surface area contributed by atoms with Crippen LogP contribution in [-0.2, 0) is 4.79 Å². The number of amides is 1. The zero-order valence-electron chi connectivity index (χ0n) is 26.0. The molecular weight excluding hydrogens is 598 g/mol. The molecule has 0 bridgehead atoms. The molecule has 3 fully saturated rings. The number of carbonyl (C=O) groups excluding carboxylic acids is 1. The number of nitriles is 1. The smallest absolute Gasteiger partial charge is 0.319 e. The van der Waals surface area contributed by atoms with Gasteiger partial charge < -0.3 is 14.5 Å². The van der Waals surface area contributed by atoms with Crippen LogP contribution < -0.4 is 9.64 Å². The Morgan fingerprint density at radius 3 is 2.55 bits per heavy atom. The molecule has 3 saturated heterocycles. The van der Waals surface area contributed by atoms with E-state index in [4.69, 9.17) is 16.1 Å². The lowest BCUT2D eigenvalue weighted by Crippen LogP contribution is -2.55. The number of fused-ring (bicyclic) bond motifs is 3. The SMILES string of the molecule is C#Cc1cccc2cccc(-c3ccc4c(N5CCN(C(=O)C(=C)F)[C@@H](CC#N)C5)nc(OCC56CCCN5CCC6)nc4c3F)c12. The number of benzene rings is 3. The molecule has 0 saturated carbocycles. The van der Waals surface area contributed by atoms with E-state index in [0.717, 1.165) is 49.5 Å². The van der Waals surface area contributed by atoms with Crippen molar-refractivity contribution < 1.29 is 18.3 Å². The molecule has 0 N–H and O–H groups in total. The van der Waals surface area contributed by atoms with Crippen molar-refractivity contribution >= 4 is 33.4 Å². The molecule has 3 aromatic carbocycles. The number of terminal acetylenes is 1. The van der Waals surface area contributed by atoms with Gasteiger partial charge in [0.2, 0.25) is 0 Å². The summed E-state index contributed by atoms with van der Waals surface area (Å²) in [7, 11) is 0. The summed E-state index contributed by atoms with van der Waals surface area (Å²) in [6.07, 6.45) is 10.1. The first kappa shape index (κ1) is 30.6. The molecule has 3 aliphatic rings. The van der Waals surface area contributed by atoms with Gasteiger partial charge in [-0.2, -0.15) is 15.2 Å². The molecule has 3 aliphatic heterocycles. The lowest BCUT2D eigenvalue weighted by molar-refractivity contribution is -0.131. The molecule has 4 aromatic rings. The van der Waals surface area contributed by atoms with Gasteiger partial charge in [0.25, 0.3) is 5.91 Å². The molecule has 0 unspecified atom stereocenters. The zero-order valence-corrected chi connectivity index (χ0v) is 26.0. The summed E-state index contributed by atoms with van der Waals surface area (Å²) in [5.74, 6) is 0.715. The van der Waals surface area contributed by atoms with E-state index < -0.39 is 23.6 Å². The van der Waals surface area contributed by atoms with Gasteiger partial charge in [0, 0.05) is 41.5 Å². The molecule has 238 valence electrons. The van der Waals surface area contributed by atoms with Gasteiger partial charge >= 0.3 is 6.01 Å². The van der Waals surface area contributed by atoms with Crippen LogP contribution in [0.1, 0.15) is 37.7 Å². The molecule has 10 heteroatoms. The topological polar surface area (TPSA) is 85.6 Å². The second-order valence-electron chi connectivity index (χ2n) is 12.6. The maximum Gasteiger partial charge on any atom is 0.319 e. The second kappa shape index (κ2) is 12.3. The number of carbonyl (C=O) groups is 1. The van der Waals surface area contributed by atoms with Crippen molar-refractivity contribution in [2.24, 2.45) is 0 Å². The van der Waals surface area contributed by atoms with Crippen molar-refractivity contribution in [1.82, 2.24) is 19.8 Å². The summed E-state index contributed by atoms with van der Waals surface area (Å²) in [4.78, 5) is 27.7. The van der Waals surface area contributed by atoms with Crippen molar-refractivity contribution in [1.29, 1.82) is 5.26 Å². The highest BCUT2D eigenvalue weighted by atomic mass is 19.1. The van der Waals surface area contributed by atoms with E-state index in [0.29, 0.717) is 34.5 Å². The third kappa shape index (κ3) is 5.33. The normalized spacial score (nSPS) is 19.0. The third-order valence-corrected chi connectivity index (χ3v) is 10.00. The molecular formula is C37H34F2N6O2. The Bertz CT molecular complexity index is 1980. The Balaban J connectivity index is 1.34. The maximum absolute atomic E-state index is 16.9. The van der Waals surface area contributed by atoms with Crippen LogP contribution in [0, 0.1) is 29.5 Å². The van der Waals surface area contributed by atoms with Gasteiger partial charge in [-0.25, -0.2) is 8.78 Å². The summed E-state index contributed by atoms with van der Waals surface area (Å²) in [6.45, 7) is 6.22. The number of ether oxygens (including phenoxy) is 1. The Kier molecular flexibility index (Phi) is 7.99. The number of hydrogen-bond donors (Lipinski definition) is 0. The van der Waals surface area contributed by atoms with Crippen LogP contribution in [0.4, 0.5) is 14.6 Å². The predicted octanol–water partition coefficient (Wildman–Crippen LogP) is 5.99. The standard InChI is InChI=1S/C37H34F2N6O2/c1-3-25-8-4-9-26-10-5-11-28(31(25)26)29-12-13-30-33(32(29)39)41-36(47-23-37-15-6-18-44(37)19-7-16-37)42-34(30)43-20-21-45(35(46)24(2)38)27(22-43)14-17-40/h1,4-5,8-13,27H,2,6-7,14-16,18-23H2/t27-/m0/s1. The van der Waals surface area contributed by atoms with Gasteiger partial charge in [-0.05, 0) is 61.9 Å². The molecule has 1 atom stereocenters. The zero-order chi connectivity index (χ0) is 32.7. The molecule has 0 aliphatic carbocycles. The van der Waals surface area contributed by atoms with Gasteiger partial charge in [-0.3, -0.25) is 9.69 Å². The van der Waals surface area contributed by atoms with Crippen LogP contribution in [-0.4, -0.2) is 76.6 Å². The third-order valence-electron chi connectivity index (χ3n) is 10.00. The predicted molar refractivity (Wildman–Crippen MR) is 177 cm³/mol. The Labute approximate surface area is 272 Å².